The molecule has 0 spiro atoms. The summed E-state index contributed by atoms with van der Waals surface area (Å²) >= 11 is 0. The number of rotatable bonds is 1. The normalized spacial score (nSPS) is 14.6. The highest BCUT2D eigenvalue weighted by Gasteiger charge is 2.31. The summed E-state index contributed by atoms with van der Waals surface area (Å²) in [5, 5.41) is 11.2. The molecule has 1 aromatic rings. The first-order valence-corrected chi connectivity index (χ1v) is 5.88. The van der Waals surface area contributed by atoms with Gasteiger partial charge in [-0.1, -0.05) is 12.6 Å². The van der Waals surface area contributed by atoms with Crippen LogP contribution in [0, 0.1) is 11.3 Å². The average molecular weight is 286 g/mol. The lowest BCUT2D eigenvalue weighted by Gasteiger charge is -2.29. The van der Waals surface area contributed by atoms with Gasteiger partial charge in [0.25, 0.3) is 0 Å². The number of benzene rings is 1. The smallest absolute Gasteiger partial charge is 0.307 e. The molecule has 1 aliphatic heterocycles. The zero-order valence-electron chi connectivity index (χ0n) is 11.1. The minimum atomic E-state index is -0.829. The molecule has 7 heteroatoms. The van der Waals surface area contributed by atoms with E-state index >= 15 is 0 Å². The first-order chi connectivity index (χ1) is 9.93. The second-order valence-corrected chi connectivity index (χ2v) is 4.26. The number of nitrogens with zero attached hydrogens (tertiary/aromatic N) is 3. The van der Waals surface area contributed by atoms with Gasteiger partial charge in [-0.25, -0.2) is 18.9 Å². The van der Waals surface area contributed by atoms with Gasteiger partial charge in [-0.15, -0.1) is 0 Å². The number of nitrogens with one attached hydrogen (secondary N) is 1. The minimum absolute atomic E-state index is 0.115. The number of carbonyl (C=O) groups is 2. The van der Waals surface area contributed by atoms with Gasteiger partial charge in [-0.2, -0.15) is 5.26 Å². The third-order valence-corrected chi connectivity index (χ3v) is 2.88. The summed E-state index contributed by atoms with van der Waals surface area (Å²) in [6, 6.07) is 6.51. The molecule has 21 heavy (non-hydrogen) atoms. The largest absolute Gasteiger partial charge is 0.336 e. The Kier molecular flexibility index (Phi) is 3.71. The van der Waals surface area contributed by atoms with Crippen LogP contribution in [0.15, 0.2) is 48.6 Å². The molecular weight excluding hydrogens is 275 g/mol. The fraction of sp³-hybridized carbons (Fsp3) is 0.0714. The SMILES string of the molecule is C=C1C(F)=CN(C(=O)Nc2cccc(C#N)c2)C(=O)N1C. The monoisotopic (exact) mass is 286 g/mol. The van der Waals surface area contributed by atoms with Gasteiger partial charge >= 0.3 is 12.1 Å². The zero-order chi connectivity index (χ0) is 15.6. The van der Waals surface area contributed by atoms with Gasteiger partial charge in [0.05, 0.1) is 23.5 Å². The van der Waals surface area contributed by atoms with Crippen molar-refractivity contribution in [3.63, 3.8) is 0 Å². The molecule has 6 nitrogen and oxygen atoms in total. The van der Waals surface area contributed by atoms with Crippen LogP contribution in [-0.2, 0) is 0 Å². The van der Waals surface area contributed by atoms with Crippen molar-refractivity contribution in [2.24, 2.45) is 0 Å². The molecule has 0 aromatic heterocycles. The van der Waals surface area contributed by atoms with Gasteiger partial charge in [0.1, 0.15) is 0 Å². The standard InChI is InChI=1S/C14H11FN4O2/c1-9-12(15)8-19(14(21)18(9)2)13(20)17-11-5-3-4-10(6-11)7-16/h3-6,8H,1H2,2H3,(H,17,20). The van der Waals surface area contributed by atoms with E-state index in [-0.39, 0.29) is 5.70 Å². The Morgan fingerprint density at radius 3 is 2.86 bits per heavy atom. The Hall–Kier alpha value is -3.14. The lowest BCUT2D eigenvalue weighted by molar-refractivity contribution is 0.183. The number of hydrogen-bond acceptors (Lipinski definition) is 3. The van der Waals surface area contributed by atoms with E-state index < -0.39 is 17.9 Å². The molecule has 4 amide bonds. The molecule has 0 saturated carbocycles. The summed E-state index contributed by atoms with van der Waals surface area (Å²) in [6.45, 7) is 3.39. The number of likely N-dealkylation sites (N-methyl/N-ethyl adjacent to an activating group) is 1. The van der Waals surface area contributed by atoms with Crippen molar-refractivity contribution in [2.45, 2.75) is 0 Å². The van der Waals surface area contributed by atoms with Crippen molar-refractivity contribution in [1.29, 1.82) is 5.26 Å². The second-order valence-electron chi connectivity index (χ2n) is 4.26. The van der Waals surface area contributed by atoms with Gasteiger partial charge in [0.2, 0.25) is 0 Å². The van der Waals surface area contributed by atoms with Crippen molar-refractivity contribution in [1.82, 2.24) is 9.80 Å². The molecule has 0 atom stereocenters. The maximum absolute atomic E-state index is 13.6. The van der Waals surface area contributed by atoms with Crippen molar-refractivity contribution in [3.8, 4) is 6.07 Å². The van der Waals surface area contributed by atoms with Crippen LogP contribution in [0.1, 0.15) is 5.56 Å². The van der Waals surface area contributed by atoms with E-state index in [0.29, 0.717) is 16.2 Å². The van der Waals surface area contributed by atoms with Crippen LogP contribution < -0.4 is 5.32 Å². The van der Waals surface area contributed by atoms with Gasteiger partial charge < -0.3 is 5.32 Å². The molecule has 1 heterocycles. The van der Waals surface area contributed by atoms with E-state index in [1.165, 1.54) is 13.1 Å². The number of allylic oxidation sites excluding steroid dienone is 1. The maximum Gasteiger partial charge on any atom is 0.336 e. The second kappa shape index (κ2) is 5.46. The van der Waals surface area contributed by atoms with Crippen LogP contribution >= 0.6 is 0 Å². The van der Waals surface area contributed by atoms with Crippen molar-refractivity contribution in [2.75, 3.05) is 12.4 Å². The molecule has 0 unspecified atom stereocenters. The first kappa shape index (κ1) is 14.3. The minimum Gasteiger partial charge on any atom is -0.307 e. The number of anilines is 1. The number of carbonyl (C=O) groups excluding carboxylic acids is 2. The van der Waals surface area contributed by atoms with E-state index in [2.05, 4.69) is 11.9 Å². The summed E-state index contributed by atoms with van der Waals surface area (Å²) in [5.74, 6) is -0.780. The molecular formula is C14H11FN4O2. The molecule has 0 saturated heterocycles. The van der Waals surface area contributed by atoms with Crippen LogP contribution in [0.25, 0.3) is 0 Å². The molecule has 2 rings (SSSR count). The quantitative estimate of drug-likeness (QED) is 0.862. The average Bonchev–Trinajstić information content (AvgIpc) is 2.48. The molecule has 1 aromatic carbocycles. The lowest BCUT2D eigenvalue weighted by Crippen LogP contribution is -2.46. The van der Waals surface area contributed by atoms with Crippen LogP contribution in [0.5, 0.6) is 0 Å². The van der Waals surface area contributed by atoms with E-state index in [9.17, 15) is 14.0 Å². The topological polar surface area (TPSA) is 76.4 Å². The predicted octanol–water partition coefficient (Wildman–Crippen LogP) is 2.78. The maximum atomic E-state index is 13.6. The van der Waals surface area contributed by atoms with Crippen molar-refractivity contribution in [3.05, 3.63) is 54.1 Å². The van der Waals surface area contributed by atoms with Crippen LogP contribution in [0.4, 0.5) is 19.7 Å². The summed E-state index contributed by atoms with van der Waals surface area (Å²) in [7, 11) is 1.31. The number of halogens is 1. The van der Waals surface area contributed by atoms with Crippen LogP contribution in [0.2, 0.25) is 0 Å². The van der Waals surface area contributed by atoms with E-state index in [1.54, 1.807) is 18.2 Å². The highest BCUT2D eigenvalue weighted by atomic mass is 19.1. The lowest BCUT2D eigenvalue weighted by atomic mass is 10.2. The summed E-state index contributed by atoms with van der Waals surface area (Å²) < 4.78 is 13.6. The van der Waals surface area contributed by atoms with Gasteiger partial charge in [-0.05, 0) is 18.2 Å². The number of urea groups is 2. The number of amides is 4. The Morgan fingerprint density at radius 1 is 1.48 bits per heavy atom. The Morgan fingerprint density at radius 2 is 2.19 bits per heavy atom. The van der Waals surface area contributed by atoms with Crippen LogP contribution in [-0.4, -0.2) is 28.9 Å². The number of nitriles is 1. The van der Waals surface area contributed by atoms with E-state index in [1.807, 2.05) is 6.07 Å². The third kappa shape index (κ3) is 2.74. The summed E-state index contributed by atoms with van der Waals surface area (Å²) in [4.78, 5) is 25.5. The fourth-order valence-corrected chi connectivity index (χ4v) is 1.68. The fourth-order valence-electron chi connectivity index (χ4n) is 1.68. The molecule has 0 bridgehead atoms. The van der Waals surface area contributed by atoms with E-state index in [4.69, 9.17) is 5.26 Å². The highest BCUT2D eigenvalue weighted by Crippen LogP contribution is 2.22. The van der Waals surface area contributed by atoms with E-state index in [0.717, 1.165) is 11.1 Å². The Balaban J connectivity index is 2.22. The first-order valence-electron chi connectivity index (χ1n) is 5.88. The number of hydrogen-bond donors (Lipinski definition) is 1. The van der Waals surface area contributed by atoms with Gasteiger partial charge in [0.15, 0.2) is 5.83 Å². The molecule has 1 N–H and O–H groups in total. The Bertz CT molecular complexity index is 705. The molecule has 0 aliphatic carbocycles. The molecule has 106 valence electrons. The number of imide groups is 1. The highest BCUT2D eigenvalue weighted by molar-refractivity contribution is 6.03. The van der Waals surface area contributed by atoms with Crippen molar-refractivity contribution >= 4 is 17.7 Å². The van der Waals surface area contributed by atoms with Crippen LogP contribution in [0.3, 0.4) is 0 Å². The molecule has 0 radical (unpaired) electrons. The third-order valence-electron chi connectivity index (χ3n) is 2.88. The Labute approximate surface area is 120 Å². The molecule has 1 aliphatic rings. The summed E-state index contributed by atoms with van der Waals surface area (Å²) in [6.07, 6.45) is 0.772. The van der Waals surface area contributed by atoms with Gasteiger partial charge in [0, 0.05) is 12.7 Å². The summed E-state index contributed by atoms with van der Waals surface area (Å²) in [5.41, 5.74) is 0.563. The molecule has 0 fully saturated rings. The van der Waals surface area contributed by atoms with Gasteiger partial charge in [-0.3, -0.25) is 4.90 Å². The zero-order valence-corrected chi connectivity index (χ0v) is 11.1. The predicted molar refractivity (Wildman–Crippen MR) is 73.5 cm³/mol. The van der Waals surface area contributed by atoms with Crippen molar-refractivity contribution < 1.29 is 14.0 Å².